The molecule has 0 radical (unpaired) electrons. The van der Waals surface area contributed by atoms with Gasteiger partial charge in [-0.2, -0.15) is 31.4 Å². The lowest BCUT2D eigenvalue weighted by atomic mass is 10.0. The van der Waals surface area contributed by atoms with Gasteiger partial charge in [0.1, 0.15) is 12.9 Å². The molecule has 0 unspecified atom stereocenters. The Morgan fingerprint density at radius 3 is 2.18 bits per heavy atom. The number of aromatic nitrogens is 3. The first-order chi connectivity index (χ1) is 12.9. The van der Waals surface area contributed by atoms with Crippen LogP contribution in [0.15, 0.2) is 49.3 Å². The summed E-state index contributed by atoms with van der Waals surface area (Å²) in [5.74, 6) is -1.13. The molecule has 0 saturated heterocycles. The second kappa shape index (κ2) is 7.87. The van der Waals surface area contributed by atoms with Crippen LogP contribution in [0, 0.1) is 0 Å². The summed E-state index contributed by atoms with van der Waals surface area (Å²) in [7, 11) is 0. The molecular weight excluding hydrogens is 392 g/mol. The molecule has 150 valence electrons. The van der Waals surface area contributed by atoms with E-state index in [4.69, 9.17) is 4.74 Å². The van der Waals surface area contributed by atoms with Crippen molar-refractivity contribution in [3.05, 3.63) is 60.5 Å². The van der Waals surface area contributed by atoms with Crippen LogP contribution >= 0.6 is 0 Å². The largest absolute Gasteiger partial charge is 0.458 e. The molecule has 1 aromatic carbocycles. The zero-order valence-electron chi connectivity index (χ0n) is 14.1. The van der Waals surface area contributed by atoms with Crippen molar-refractivity contribution in [1.82, 2.24) is 14.8 Å². The van der Waals surface area contributed by atoms with E-state index in [1.165, 1.54) is 6.08 Å². The topological polar surface area (TPSA) is 57.0 Å². The molecule has 2 aromatic rings. The van der Waals surface area contributed by atoms with Crippen LogP contribution in [0.2, 0.25) is 0 Å². The molecule has 5 nitrogen and oxygen atoms in total. The molecule has 2 rings (SSSR count). The third-order valence-corrected chi connectivity index (χ3v) is 3.36. The molecule has 0 amide bonds. The predicted molar refractivity (Wildman–Crippen MR) is 85.8 cm³/mol. The maximum Gasteiger partial charge on any atom is 0.416 e. The standard InChI is InChI=1S/C17H13F6N3O2/c1-3-4-28-15(27)10(2)8-26-9-24-14(25-26)11-5-12(16(18,19)20)7-13(6-11)17(21,22)23/h3,5-7,9H,1-2,4,8H2. The van der Waals surface area contributed by atoms with Crippen LogP contribution < -0.4 is 0 Å². The molecule has 0 spiro atoms. The Balaban J connectivity index is 2.32. The van der Waals surface area contributed by atoms with E-state index in [0.717, 1.165) is 11.0 Å². The minimum Gasteiger partial charge on any atom is -0.458 e. The Labute approximate surface area is 154 Å². The number of carbonyl (C=O) groups is 1. The molecule has 0 aliphatic carbocycles. The summed E-state index contributed by atoms with van der Waals surface area (Å²) in [6.45, 7) is 6.58. The van der Waals surface area contributed by atoms with Crippen LogP contribution in [-0.4, -0.2) is 27.3 Å². The highest BCUT2D eigenvalue weighted by Crippen LogP contribution is 2.38. The fourth-order valence-corrected chi connectivity index (χ4v) is 2.08. The summed E-state index contributed by atoms with van der Waals surface area (Å²) in [5.41, 5.74) is -3.48. The van der Waals surface area contributed by atoms with Crippen LogP contribution in [0.3, 0.4) is 0 Å². The van der Waals surface area contributed by atoms with Gasteiger partial charge in [0.05, 0.1) is 23.2 Å². The molecule has 0 N–H and O–H groups in total. The van der Waals surface area contributed by atoms with E-state index in [1.807, 2.05) is 0 Å². The third-order valence-electron chi connectivity index (χ3n) is 3.36. The number of halogens is 6. The van der Waals surface area contributed by atoms with Crippen molar-refractivity contribution < 1.29 is 35.9 Å². The summed E-state index contributed by atoms with van der Waals surface area (Å²) in [6, 6.07) is 1.04. The summed E-state index contributed by atoms with van der Waals surface area (Å²) in [5, 5.41) is 3.81. The van der Waals surface area contributed by atoms with E-state index in [-0.39, 0.29) is 30.6 Å². The maximum atomic E-state index is 12.9. The van der Waals surface area contributed by atoms with E-state index in [2.05, 4.69) is 23.2 Å². The van der Waals surface area contributed by atoms with Gasteiger partial charge in [0.2, 0.25) is 0 Å². The molecule has 28 heavy (non-hydrogen) atoms. The summed E-state index contributed by atoms with van der Waals surface area (Å²) >= 11 is 0. The van der Waals surface area contributed by atoms with Crippen LogP contribution in [0.25, 0.3) is 11.4 Å². The van der Waals surface area contributed by atoms with Gasteiger partial charge in [0, 0.05) is 5.56 Å². The highest BCUT2D eigenvalue weighted by molar-refractivity contribution is 5.87. The van der Waals surface area contributed by atoms with Gasteiger partial charge in [0.15, 0.2) is 5.82 Å². The van der Waals surface area contributed by atoms with E-state index in [9.17, 15) is 31.1 Å². The lowest BCUT2D eigenvalue weighted by Crippen LogP contribution is -2.13. The van der Waals surface area contributed by atoms with Crippen molar-refractivity contribution in [3.63, 3.8) is 0 Å². The Bertz CT molecular complexity index is 867. The molecule has 0 aliphatic rings. The van der Waals surface area contributed by atoms with Gasteiger partial charge in [-0.15, -0.1) is 0 Å². The predicted octanol–water partition coefficient (Wildman–Crippen LogP) is 4.27. The van der Waals surface area contributed by atoms with Gasteiger partial charge in [0.25, 0.3) is 0 Å². The lowest BCUT2D eigenvalue weighted by Gasteiger charge is -2.13. The molecule has 0 aliphatic heterocycles. The minimum absolute atomic E-state index is 0.0119. The Morgan fingerprint density at radius 2 is 1.68 bits per heavy atom. The molecule has 0 fully saturated rings. The minimum atomic E-state index is -4.98. The fourth-order valence-electron chi connectivity index (χ4n) is 2.08. The zero-order chi connectivity index (χ0) is 21.1. The second-order valence-electron chi connectivity index (χ2n) is 5.55. The fraction of sp³-hybridized carbons (Fsp3) is 0.235. The van der Waals surface area contributed by atoms with Crippen molar-refractivity contribution >= 4 is 5.97 Å². The van der Waals surface area contributed by atoms with E-state index < -0.39 is 35.0 Å². The van der Waals surface area contributed by atoms with Crippen LogP contribution in [-0.2, 0) is 28.4 Å². The summed E-state index contributed by atoms with van der Waals surface area (Å²) in [6.07, 6.45) is -7.58. The SMILES string of the molecule is C=CCOC(=O)C(=C)Cn1cnc(-c2cc(C(F)(F)F)cc(C(F)(F)F)c2)n1. The average molecular weight is 405 g/mol. The highest BCUT2D eigenvalue weighted by Gasteiger charge is 2.37. The molecule has 0 saturated carbocycles. The van der Waals surface area contributed by atoms with E-state index >= 15 is 0 Å². The number of hydrogen-bond acceptors (Lipinski definition) is 4. The summed E-state index contributed by atoms with van der Waals surface area (Å²) in [4.78, 5) is 15.3. The van der Waals surface area contributed by atoms with Crippen molar-refractivity contribution in [2.75, 3.05) is 6.61 Å². The first kappa shape index (κ1) is 21.2. The van der Waals surface area contributed by atoms with Gasteiger partial charge in [-0.3, -0.25) is 0 Å². The molecule has 0 bridgehead atoms. The monoisotopic (exact) mass is 405 g/mol. The number of hydrogen-bond donors (Lipinski definition) is 0. The van der Waals surface area contributed by atoms with Gasteiger partial charge in [-0.05, 0) is 18.2 Å². The number of rotatable bonds is 6. The van der Waals surface area contributed by atoms with Crippen molar-refractivity contribution in [3.8, 4) is 11.4 Å². The van der Waals surface area contributed by atoms with Gasteiger partial charge < -0.3 is 4.74 Å². The van der Waals surface area contributed by atoms with E-state index in [0.29, 0.717) is 12.1 Å². The molecule has 11 heteroatoms. The normalized spacial score (nSPS) is 11.9. The second-order valence-corrected chi connectivity index (χ2v) is 5.55. The number of ether oxygens (including phenoxy) is 1. The van der Waals surface area contributed by atoms with Gasteiger partial charge in [-0.1, -0.05) is 19.2 Å². The molecule has 0 atom stereocenters. The van der Waals surface area contributed by atoms with Crippen LogP contribution in [0.5, 0.6) is 0 Å². The van der Waals surface area contributed by atoms with Crippen LogP contribution in [0.1, 0.15) is 11.1 Å². The van der Waals surface area contributed by atoms with Crippen LogP contribution in [0.4, 0.5) is 26.3 Å². The Hall–Kier alpha value is -3.11. The Morgan fingerprint density at radius 1 is 1.11 bits per heavy atom. The van der Waals surface area contributed by atoms with Gasteiger partial charge >= 0.3 is 18.3 Å². The average Bonchev–Trinajstić information content (AvgIpc) is 3.06. The van der Waals surface area contributed by atoms with Crippen molar-refractivity contribution in [2.24, 2.45) is 0 Å². The Kier molecular flexibility index (Phi) is 5.95. The lowest BCUT2D eigenvalue weighted by molar-refractivity contribution is -0.143. The zero-order valence-corrected chi connectivity index (χ0v) is 14.1. The van der Waals surface area contributed by atoms with Gasteiger partial charge in [-0.25, -0.2) is 14.5 Å². The first-order valence-corrected chi connectivity index (χ1v) is 7.57. The number of alkyl halides is 6. The van der Waals surface area contributed by atoms with Crippen molar-refractivity contribution in [1.29, 1.82) is 0 Å². The maximum absolute atomic E-state index is 12.9. The third kappa shape index (κ3) is 5.21. The quantitative estimate of drug-likeness (QED) is 0.312. The number of benzene rings is 1. The highest BCUT2D eigenvalue weighted by atomic mass is 19.4. The molecule has 1 heterocycles. The number of carbonyl (C=O) groups excluding carboxylic acids is 1. The molecule has 1 aromatic heterocycles. The molecular formula is C17H13F6N3O2. The smallest absolute Gasteiger partial charge is 0.416 e. The van der Waals surface area contributed by atoms with E-state index in [1.54, 1.807) is 0 Å². The number of nitrogens with zero attached hydrogens (tertiary/aromatic N) is 3. The van der Waals surface area contributed by atoms with Crippen molar-refractivity contribution in [2.45, 2.75) is 18.9 Å². The number of esters is 1. The first-order valence-electron chi connectivity index (χ1n) is 7.57. The summed E-state index contributed by atoms with van der Waals surface area (Å²) < 4.78 is 83.4.